The third-order valence-electron chi connectivity index (χ3n) is 3.19. The number of carbonyl (C=O) groups is 1. The average Bonchev–Trinajstić information content (AvgIpc) is 2.58. The van der Waals surface area contributed by atoms with Crippen LogP contribution in [0.25, 0.3) is 0 Å². The Hall–Kier alpha value is -2.79. The van der Waals surface area contributed by atoms with Gasteiger partial charge < -0.3 is 16.0 Å². The van der Waals surface area contributed by atoms with E-state index >= 15 is 0 Å². The van der Waals surface area contributed by atoms with Crippen LogP contribution < -0.4 is 16.0 Å². The first-order valence-corrected chi connectivity index (χ1v) is 8.16. The van der Waals surface area contributed by atoms with Crippen LogP contribution in [0.5, 0.6) is 0 Å². The smallest absolute Gasteiger partial charge is 0.230 e. The minimum absolute atomic E-state index is 0.122. The van der Waals surface area contributed by atoms with E-state index in [9.17, 15) is 4.79 Å². The third-order valence-corrected chi connectivity index (χ3v) is 4.05. The summed E-state index contributed by atoms with van der Waals surface area (Å²) < 4.78 is 0. The largest absolute Gasteiger partial charge is 0.382 e. The Labute approximate surface area is 144 Å². The fraction of sp³-hybridized carbons (Fsp3) is 0.250. The Morgan fingerprint density at radius 2 is 2.08 bits per heavy atom. The highest BCUT2D eigenvalue weighted by molar-refractivity contribution is 7.99. The van der Waals surface area contributed by atoms with Crippen molar-refractivity contribution in [3.05, 3.63) is 41.6 Å². The number of nitrogen functional groups attached to an aromatic ring is 1. The molecule has 1 amide bonds. The molecule has 24 heavy (non-hydrogen) atoms. The lowest BCUT2D eigenvalue weighted by Crippen LogP contribution is -2.24. The topological polar surface area (TPSA) is 108 Å². The normalized spacial score (nSPS) is 10.0. The lowest BCUT2D eigenvalue weighted by Gasteiger charge is -2.12. The van der Waals surface area contributed by atoms with Crippen LogP contribution in [0.15, 0.2) is 35.6 Å². The summed E-state index contributed by atoms with van der Waals surface area (Å²) in [5.74, 6) is 0.181. The minimum Gasteiger partial charge on any atom is -0.382 e. The number of amides is 1. The van der Waals surface area contributed by atoms with Crippen LogP contribution in [0.3, 0.4) is 0 Å². The van der Waals surface area contributed by atoms with Gasteiger partial charge in [-0.2, -0.15) is 5.26 Å². The van der Waals surface area contributed by atoms with Crippen LogP contribution in [0, 0.1) is 11.3 Å². The molecule has 0 aliphatic rings. The summed E-state index contributed by atoms with van der Waals surface area (Å²) in [5, 5.41) is 12.0. The summed E-state index contributed by atoms with van der Waals surface area (Å²) in [6.07, 6.45) is 1.36. The Balaban J connectivity index is 1.81. The first-order chi connectivity index (χ1) is 11.5. The predicted octanol–water partition coefficient (Wildman–Crippen LogP) is 1.40. The number of hydrogen-bond acceptors (Lipinski definition) is 7. The second-order valence-corrected chi connectivity index (χ2v) is 6.13. The molecule has 1 heterocycles. The standard InChI is InChI=1S/C16H18N6OS/c1-22(2)13-5-3-11(4-6-13)8-19-14(23)10-24-16-20-9-12(7-17)15(18)21-16/h3-6,9H,8,10H2,1-2H3,(H,19,23)(H2,18,20,21). The molecule has 3 N–H and O–H groups in total. The molecule has 0 aliphatic heterocycles. The number of benzene rings is 1. The van der Waals surface area contributed by atoms with Crippen LogP contribution >= 0.6 is 11.8 Å². The summed E-state index contributed by atoms with van der Waals surface area (Å²) in [6, 6.07) is 9.86. The van der Waals surface area contributed by atoms with Crippen LogP contribution in [0.2, 0.25) is 0 Å². The molecular weight excluding hydrogens is 324 g/mol. The maximum Gasteiger partial charge on any atom is 0.230 e. The summed E-state index contributed by atoms with van der Waals surface area (Å²) >= 11 is 1.17. The molecule has 7 nitrogen and oxygen atoms in total. The zero-order valence-corrected chi connectivity index (χ0v) is 14.3. The molecule has 1 aromatic carbocycles. The van der Waals surface area contributed by atoms with E-state index in [4.69, 9.17) is 11.0 Å². The number of nitrogens with two attached hydrogens (primary N) is 1. The van der Waals surface area contributed by atoms with Gasteiger partial charge in [-0.05, 0) is 17.7 Å². The van der Waals surface area contributed by atoms with Crippen molar-refractivity contribution in [2.75, 3.05) is 30.5 Å². The van der Waals surface area contributed by atoms with Crippen molar-refractivity contribution in [3.8, 4) is 6.07 Å². The van der Waals surface area contributed by atoms with Crippen molar-refractivity contribution in [3.63, 3.8) is 0 Å². The lowest BCUT2D eigenvalue weighted by molar-refractivity contribution is -0.118. The molecule has 2 aromatic rings. The maximum atomic E-state index is 11.9. The fourth-order valence-corrected chi connectivity index (χ4v) is 2.48. The van der Waals surface area contributed by atoms with E-state index < -0.39 is 0 Å². The van der Waals surface area contributed by atoms with Crippen molar-refractivity contribution < 1.29 is 4.79 Å². The minimum atomic E-state index is -0.122. The van der Waals surface area contributed by atoms with Crippen molar-refractivity contribution >= 4 is 29.2 Å². The quantitative estimate of drug-likeness (QED) is 0.603. The van der Waals surface area contributed by atoms with Crippen molar-refractivity contribution in [2.24, 2.45) is 0 Å². The van der Waals surface area contributed by atoms with Crippen LogP contribution in [-0.4, -0.2) is 35.7 Å². The molecule has 0 fully saturated rings. The summed E-state index contributed by atoms with van der Waals surface area (Å²) in [5.41, 5.74) is 7.98. The van der Waals surface area contributed by atoms with Gasteiger partial charge in [0.2, 0.25) is 5.91 Å². The number of nitrogens with one attached hydrogen (secondary N) is 1. The molecule has 124 valence electrons. The highest BCUT2D eigenvalue weighted by Crippen LogP contribution is 2.16. The van der Waals surface area contributed by atoms with Gasteiger partial charge in [0.1, 0.15) is 17.5 Å². The number of nitrogens with zero attached hydrogens (tertiary/aromatic N) is 4. The lowest BCUT2D eigenvalue weighted by atomic mass is 10.2. The Kier molecular flexibility index (Phi) is 5.98. The fourth-order valence-electron chi connectivity index (χ4n) is 1.83. The molecule has 0 saturated carbocycles. The molecule has 0 unspecified atom stereocenters. The van der Waals surface area contributed by atoms with E-state index in [1.54, 1.807) is 0 Å². The van der Waals surface area contributed by atoms with Gasteiger partial charge in [-0.15, -0.1) is 0 Å². The average molecular weight is 342 g/mol. The van der Waals surface area contributed by atoms with Gasteiger partial charge in [0.25, 0.3) is 0 Å². The summed E-state index contributed by atoms with van der Waals surface area (Å²) in [7, 11) is 3.96. The Bertz CT molecular complexity index is 754. The van der Waals surface area contributed by atoms with Gasteiger partial charge in [-0.3, -0.25) is 4.79 Å². The number of rotatable bonds is 6. The van der Waals surface area contributed by atoms with Crippen molar-refractivity contribution in [1.29, 1.82) is 5.26 Å². The molecule has 1 aromatic heterocycles. The van der Waals surface area contributed by atoms with E-state index in [0.717, 1.165) is 11.3 Å². The molecule has 0 radical (unpaired) electrons. The molecule has 0 atom stereocenters. The van der Waals surface area contributed by atoms with Gasteiger partial charge in [0.15, 0.2) is 5.16 Å². The predicted molar refractivity (Wildman–Crippen MR) is 94.5 cm³/mol. The number of hydrogen-bond donors (Lipinski definition) is 2. The van der Waals surface area contributed by atoms with Gasteiger partial charge in [-0.25, -0.2) is 9.97 Å². The number of nitriles is 1. The number of aromatic nitrogens is 2. The van der Waals surface area contributed by atoms with Crippen molar-refractivity contribution in [1.82, 2.24) is 15.3 Å². The number of carbonyl (C=O) groups excluding carboxylic acids is 1. The Morgan fingerprint density at radius 1 is 1.38 bits per heavy atom. The number of anilines is 2. The van der Waals surface area contributed by atoms with Crippen LogP contribution in [-0.2, 0) is 11.3 Å². The first kappa shape index (κ1) is 17.6. The first-order valence-electron chi connectivity index (χ1n) is 7.18. The number of thioether (sulfide) groups is 1. The van der Waals surface area contributed by atoms with Gasteiger partial charge >= 0.3 is 0 Å². The van der Waals surface area contributed by atoms with E-state index in [0.29, 0.717) is 11.7 Å². The Morgan fingerprint density at radius 3 is 2.67 bits per heavy atom. The zero-order chi connectivity index (χ0) is 17.5. The van der Waals surface area contributed by atoms with Gasteiger partial charge in [0.05, 0.1) is 11.9 Å². The third kappa shape index (κ3) is 4.86. The summed E-state index contributed by atoms with van der Waals surface area (Å²) in [6.45, 7) is 0.462. The molecule has 0 saturated heterocycles. The highest BCUT2D eigenvalue weighted by Gasteiger charge is 2.07. The molecule has 2 rings (SSSR count). The molecule has 0 spiro atoms. The second kappa shape index (κ2) is 8.17. The van der Waals surface area contributed by atoms with Gasteiger partial charge in [0, 0.05) is 26.3 Å². The SMILES string of the molecule is CN(C)c1ccc(CNC(=O)CSc2ncc(C#N)c(N)n2)cc1. The molecule has 8 heteroatoms. The molecule has 0 bridgehead atoms. The van der Waals surface area contributed by atoms with Crippen molar-refractivity contribution in [2.45, 2.75) is 11.7 Å². The molecular formula is C16H18N6OS. The summed E-state index contributed by atoms with van der Waals surface area (Å²) in [4.78, 5) is 21.9. The highest BCUT2D eigenvalue weighted by atomic mass is 32.2. The van der Waals surface area contributed by atoms with Gasteiger partial charge in [-0.1, -0.05) is 23.9 Å². The van der Waals surface area contributed by atoms with E-state index in [-0.39, 0.29) is 23.0 Å². The van der Waals surface area contributed by atoms with Crippen LogP contribution in [0.1, 0.15) is 11.1 Å². The zero-order valence-electron chi connectivity index (χ0n) is 13.5. The van der Waals surface area contributed by atoms with Crippen LogP contribution in [0.4, 0.5) is 11.5 Å². The van der Waals surface area contributed by atoms with E-state index in [1.807, 2.05) is 49.3 Å². The monoisotopic (exact) mass is 342 g/mol. The maximum absolute atomic E-state index is 11.9. The second-order valence-electron chi connectivity index (χ2n) is 5.19. The molecule has 0 aliphatic carbocycles. The van der Waals surface area contributed by atoms with E-state index in [2.05, 4.69) is 15.3 Å². The van der Waals surface area contributed by atoms with E-state index in [1.165, 1.54) is 18.0 Å².